The molecule has 1 aromatic carbocycles. The second-order valence-corrected chi connectivity index (χ2v) is 5.89. The SMILES string of the molecule is N#Cc1cc2c(c(O[C@H]3C[C@H](O)C3)c1)C1(CC1)CO2. The van der Waals surface area contributed by atoms with Crippen molar-refractivity contribution in [3.8, 4) is 17.6 Å². The summed E-state index contributed by atoms with van der Waals surface area (Å²) in [5.74, 6) is 1.60. The Morgan fingerprint density at radius 1 is 1.37 bits per heavy atom. The number of nitriles is 1. The Kier molecular flexibility index (Phi) is 2.13. The first-order valence-electron chi connectivity index (χ1n) is 6.76. The highest BCUT2D eigenvalue weighted by Gasteiger charge is 2.53. The van der Waals surface area contributed by atoms with Gasteiger partial charge in [-0.15, -0.1) is 0 Å². The Hall–Kier alpha value is -1.73. The van der Waals surface area contributed by atoms with Gasteiger partial charge in [0.2, 0.25) is 0 Å². The third kappa shape index (κ3) is 1.62. The maximum Gasteiger partial charge on any atom is 0.128 e. The fraction of sp³-hybridized carbons (Fsp3) is 0.533. The van der Waals surface area contributed by atoms with Crippen LogP contribution in [0.4, 0.5) is 0 Å². The van der Waals surface area contributed by atoms with Gasteiger partial charge in [0.05, 0.1) is 24.3 Å². The Morgan fingerprint density at radius 2 is 2.16 bits per heavy atom. The lowest BCUT2D eigenvalue weighted by molar-refractivity contribution is -0.0113. The smallest absolute Gasteiger partial charge is 0.128 e. The van der Waals surface area contributed by atoms with Gasteiger partial charge in [0.15, 0.2) is 0 Å². The predicted molar refractivity (Wildman–Crippen MR) is 67.2 cm³/mol. The van der Waals surface area contributed by atoms with Gasteiger partial charge in [0.25, 0.3) is 0 Å². The normalized spacial score (nSPS) is 29.1. The van der Waals surface area contributed by atoms with Crippen molar-refractivity contribution in [3.63, 3.8) is 0 Å². The summed E-state index contributed by atoms with van der Waals surface area (Å²) in [5.41, 5.74) is 1.86. The number of rotatable bonds is 2. The minimum atomic E-state index is -0.233. The summed E-state index contributed by atoms with van der Waals surface area (Å²) in [6.45, 7) is 0.709. The van der Waals surface area contributed by atoms with E-state index in [1.165, 1.54) is 0 Å². The van der Waals surface area contributed by atoms with Crippen molar-refractivity contribution < 1.29 is 14.6 Å². The predicted octanol–water partition coefficient (Wildman–Crippen LogP) is 1.88. The molecule has 3 aliphatic rings. The van der Waals surface area contributed by atoms with Crippen LogP contribution in [-0.4, -0.2) is 23.9 Å². The summed E-state index contributed by atoms with van der Waals surface area (Å²) in [6.07, 6.45) is 3.47. The van der Waals surface area contributed by atoms with Crippen molar-refractivity contribution in [3.05, 3.63) is 23.3 Å². The number of fused-ring (bicyclic) bond motifs is 2. The molecule has 1 heterocycles. The molecular formula is C15H15NO3. The van der Waals surface area contributed by atoms with Crippen LogP contribution in [-0.2, 0) is 5.41 Å². The molecule has 0 bridgehead atoms. The molecule has 0 saturated heterocycles. The second kappa shape index (κ2) is 3.64. The van der Waals surface area contributed by atoms with Crippen molar-refractivity contribution in [1.82, 2.24) is 0 Å². The van der Waals surface area contributed by atoms with Gasteiger partial charge in [0, 0.05) is 23.8 Å². The largest absolute Gasteiger partial charge is 0.492 e. The summed E-state index contributed by atoms with van der Waals surface area (Å²) >= 11 is 0. The molecule has 1 aromatic rings. The van der Waals surface area contributed by atoms with Crippen molar-refractivity contribution in [2.75, 3.05) is 6.61 Å². The number of nitrogens with zero attached hydrogens (tertiary/aromatic N) is 1. The highest BCUT2D eigenvalue weighted by molar-refractivity contribution is 5.59. The third-order valence-electron chi connectivity index (χ3n) is 4.45. The molecule has 1 N–H and O–H groups in total. The Morgan fingerprint density at radius 3 is 2.79 bits per heavy atom. The van der Waals surface area contributed by atoms with Crippen molar-refractivity contribution in [2.24, 2.45) is 0 Å². The van der Waals surface area contributed by atoms with E-state index in [1.807, 2.05) is 12.1 Å². The zero-order valence-corrected chi connectivity index (χ0v) is 10.6. The summed E-state index contributed by atoms with van der Waals surface area (Å²) in [5, 5.41) is 18.4. The fourth-order valence-corrected chi connectivity index (χ4v) is 3.03. The van der Waals surface area contributed by atoms with E-state index in [2.05, 4.69) is 6.07 Å². The zero-order chi connectivity index (χ0) is 13.0. The number of hydrogen-bond donors (Lipinski definition) is 1. The van der Waals surface area contributed by atoms with Crippen molar-refractivity contribution >= 4 is 0 Å². The number of aliphatic hydroxyl groups is 1. The summed E-state index contributed by atoms with van der Waals surface area (Å²) in [7, 11) is 0. The number of hydrogen-bond acceptors (Lipinski definition) is 4. The lowest BCUT2D eigenvalue weighted by atomic mass is 9.91. The van der Waals surface area contributed by atoms with Gasteiger partial charge in [-0.05, 0) is 25.0 Å². The summed E-state index contributed by atoms with van der Waals surface area (Å²) < 4.78 is 11.7. The van der Waals surface area contributed by atoms with E-state index in [0.29, 0.717) is 25.0 Å². The van der Waals surface area contributed by atoms with Gasteiger partial charge < -0.3 is 14.6 Å². The summed E-state index contributed by atoms with van der Waals surface area (Å²) in [6, 6.07) is 5.78. The molecule has 0 radical (unpaired) electrons. The van der Waals surface area contributed by atoms with Crippen molar-refractivity contribution in [1.29, 1.82) is 5.26 Å². The van der Waals surface area contributed by atoms with Gasteiger partial charge in [0.1, 0.15) is 17.6 Å². The topological polar surface area (TPSA) is 62.5 Å². The van der Waals surface area contributed by atoms with Gasteiger partial charge >= 0.3 is 0 Å². The molecular weight excluding hydrogens is 242 g/mol. The first-order chi connectivity index (χ1) is 9.20. The minimum absolute atomic E-state index is 0.0736. The molecule has 1 spiro atoms. The molecule has 4 rings (SSSR count). The monoisotopic (exact) mass is 257 g/mol. The highest BCUT2D eigenvalue weighted by Crippen LogP contribution is 2.59. The molecule has 0 unspecified atom stereocenters. The maximum atomic E-state index is 9.35. The van der Waals surface area contributed by atoms with Crippen molar-refractivity contribution in [2.45, 2.75) is 43.3 Å². The Balaban J connectivity index is 1.72. The lowest BCUT2D eigenvalue weighted by Crippen LogP contribution is -2.37. The van der Waals surface area contributed by atoms with Crippen LogP contribution >= 0.6 is 0 Å². The van der Waals surface area contributed by atoms with Gasteiger partial charge in [-0.1, -0.05) is 0 Å². The van der Waals surface area contributed by atoms with Crippen LogP contribution in [0.15, 0.2) is 12.1 Å². The van der Waals surface area contributed by atoms with E-state index in [9.17, 15) is 5.11 Å². The first-order valence-corrected chi connectivity index (χ1v) is 6.76. The van der Waals surface area contributed by atoms with Gasteiger partial charge in [-0.3, -0.25) is 0 Å². The van der Waals surface area contributed by atoms with Crippen LogP contribution in [0.3, 0.4) is 0 Å². The first kappa shape index (κ1) is 11.1. The quantitative estimate of drug-likeness (QED) is 0.878. The fourth-order valence-electron chi connectivity index (χ4n) is 3.03. The molecule has 0 amide bonds. The molecule has 2 saturated carbocycles. The minimum Gasteiger partial charge on any atom is -0.492 e. The van der Waals surface area contributed by atoms with E-state index in [4.69, 9.17) is 14.7 Å². The maximum absolute atomic E-state index is 9.35. The lowest BCUT2D eigenvalue weighted by Gasteiger charge is -2.32. The van der Waals surface area contributed by atoms with E-state index in [1.54, 1.807) is 0 Å². The molecule has 98 valence electrons. The molecule has 4 heteroatoms. The van der Waals surface area contributed by atoms with Crippen LogP contribution in [0.5, 0.6) is 11.5 Å². The Bertz CT molecular complexity index is 580. The molecule has 2 fully saturated rings. The molecule has 0 aromatic heterocycles. The standard InChI is InChI=1S/C15H15NO3/c16-7-9-3-12-14(15(1-2-15)8-18-12)13(4-9)19-11-5-10(17)6-11/h3-4,10-11,17H,1-2,5-6,8H2/t10-,11-. The third-order valence-corrected chi connectivity index (χ3v) is 4.45. The molecule has 2 aliphatic carbocycles. The zero-order valence-electron chi connectivity index (χ0n) is 10.6. The van der Waals surface area contributed by atoms with Crippen LogP contribution in [0.1, 0.15) is 36.8 Å². The van der Waals surface area contributed by atoms with E-state index >= 15 is 0 Å². The van der Waals surface area contributed by atoms with Crippen LogP contribution in [0.25, 0.3) is 0 Å². The van der Waals surface area contributed by atoms with E-state index in [0.717, 1.165) is 29.9 Å². The molecule has 19 heavy (non-hydrogen) atoms. The van der Waals surface area contributed by atoms with Crippen LogP contribution < -0.4 is 9.47 Å². The van der Waals surface area contributed by atoms with Crippen LogP contribution in [0, 0.1) is 11.3 Å². The second-order valence-electron chi connectivity index (χ2n) is 5.89. The average molecular weight is 257 g/mol. The van der Waals surface area contributed by atoms with Gasteiger partial charge in [-0.2, -0.15) is 5.26 Å². The molecule has 4 nitrogen and oxygen atoms in total. The highest BCUT2D eigenvalue weighted by atomic mass is 16.5. The summed E-state index contributed by atoms with van der Waals surface area (Å²) in [4.78, 5) is 0. The average Bonchev–Trinajstić information content (AvgIpc) is 3.04. The Labute approximate surface area is 111 Å². The number of aliphatic hydroxyl groups excluding tert-OH is 1. The molecule has 1 aliphatic heterocycles. The van der Waals surface area contributed by atoms with Crippen LogP contribution in [0.2, 0.25) is 0 Å². The number of ether oxygens (including phenoxy) is 2. The molecule has 0 atom stereocenters. The van der Waals surface area contributed by atoms with E-state index < -0.39 is 0 Å². The van der Waals surface area contributed by atoms with Gasteiger partial charge in [-0.25, -0.2) is 0 Å². The van der Waals surface area contributed by atoms with E-state index in [-0.39, 0.29) is 17.6 Å². The number of benzene rings is 1.